The van der Waals surface area contributed by atoms with Crippen LogP contribution in [0, 0.1) is 0 Å². The number of nitrogens with one attached hydrogen (secondary N) is 1. The summed E-state index contributed by atoms with van der Waals surface area (Å²) in [6.07, 6.45) is 2.45. The number of aromatic amines is 1. The van der Waals surface area contributed by atoms with Gasteiger partial charge in [-0.25, -0.2) is 18.3 Å². The Labute approximate surface area is 187 Å². The van der Waals surface area contributed by atoms with Crippen LogP contribution in [0.2, 0.25) is 0 Å². The lowest BCUT2D eigenvalue weighted by molar-refractivity contribution is 0.0816. The van der Waals surface area contributed by atoms with Crippen molar-refractivity contribution in [1.82, 2.24) is 24.8 Å². The van der Waals surface area contributed by atoms with Gasteiger partial charge in [-0.05, 0) is 24.6 Å². The van der Waals surface area contributed by atoms with E-state index in [2.05, 4.69) is 20.3 Å². The molecule has 0 bridgehead atoms. The number of rotatable bonds is 5. The summed E-state index contributed by atoms with van der Waals surface area (Å²) in [5.41, 5.74) is 8.73. The van der Waals surface area contributed by atoms with Crippen molar-refractivity contribution in [1.29, 1.82) is 0 Å². The molecule has 0 radical (unpaired) electrons. The number of hydrogen-bond donors (Lipinski definition) is 3. The van der Waals surface area contributed by atoms with Gasteiger partial charge in [0.05, 0.1) is 29.4 Å². The molecule has 1 aliphatic rings. The number of halogens is 3. The van der Waals surface area contributed by atoms with E-state index in [1.807, 2.05) is 17.0 Å². The average Bonchev–Trinajstić information content (AvgIpc) is 3.35. The van der Waals surface area contributed by atoms with E-state index in [1.54, 1.807) is 29.2 Å². The third-order valence-corrected chi connectivity index (χ3v) is 5.50. The highest BCUT2D eigenvalue weighted by Crippen LogP contribution is 2.33. The van der Waals surface area contributed by atoms with Crippen LogP contribution in [0.25, 0.3) is 27.7 Å². The van der Waals surface area contributed by atoms with Gasteiger partial charge in [0.2, 0.25) is 0 Å². The number of anilines is 1. The summed E-state index contributed by atoms with van der Waals surface area (Å²) in [4.78, 5) is 6.55. The van der Waals surface area contributed by atoms with E-state index in [-0.39, 0.29) is 24.2 Å². The summed E-state index contributed by atoms with van der Waals surface area (Å²) >= 11 is 0. The van der Waals surface area contributed by atoms with Gasteiger partial charge in [-0.1, -0.05) is 0 Å². The van der Waals surface area contributed by atoms with Crippen molar-refractivity contribution < 1.29 is 18.6 Å². The van der Waals surface area contributed by atoms with Crippen molar-refractivity contribution in [3.05, 3.63) is 36.8 Å². The Hall–Kier alpha value is -3.02. The third kappa shape index (κ3) is 4.06. The highest BCUT2D eigenvalue weighted by atomic mass is 35.5. The summed E-state index contributed by atoms with van der Waals surface area (Å²) in [6, 6.07) is 5.24. The number of aliphatic hydroxyl groups is 1. The lowest BCUT2D eigenvalue weighted by Crippen LogP contribution is -2.50. The fourth-order valence-electron chi connectivity index (χ4n) is 3.89. The predicted molar refractivity (Wildman–Crippen MR) is 118 cm³/mol. The first kappa shape index (κ1) is 22.2. The summed E-state index contributed by atoms with van der Waals surface area (Å²) in [6.45, 7) is 0.430. The smallest absolute Gasteiger partial charge is 0.272 e. The first-order chi connectivity index (χ1) is 15.0. The van der Waals surface area contributed by atoms with E-state index < -0.39 is 19.1 Å². The molecule has 0 amide bonds. The molecule has 12 heteroatoms. The number of aromatic nitrogens is 5. The maximum absolute atomic E-state index is 12.6. The van der Waals surface area contributed by atoms with E-state index in [0.717, 1.165) is 27.8 Å². The standard InChI is InChI=1S/C20H21F2N7O2.ClH/c21-17(22)10-31-12-5-13(19-14-7-25-26-20(14)27-29(19)8-12)11-1-2-18(24-6-11)28-4-3-15(23)16(30)9-28;/h1-2,5-8,15-17,30H,3-4,9-10,23H2,(H,26,27);1H/t15-,16+;/m0./s1. The SMILES string of the molecule is Cl.N[C@H]1CCN(c2ccc(-c3cc(OCC(F)F)cn4nc5[nH]ncc5c34)cn2)C[C@H]1O. The molecule has 5 heterocycles. The molecular formula is C20H22ClF2N7O2. The molecule has 0 aliphatic carbocycles. The fraction of sp³-hybridized carbons (Fsp3) is 0.350. The van der Waals surface area contributed by atoms with Crippen LogP contribution in [-0.4, -0.2) is 68.2 Å². The summed E-state index contributed by atoms with van der Waals surface area (Å²) in [7, 11) is 0. The first-order valence-electron chi connectivity index (χ1n) is 9.91. The van der Waals surface area contributed by atoms with Crippen LogP contribution < -0.4 is 15.4 Å². The number of nitrogens with zero attached hydrogens (tertiary/aromatic N) is 5. The van der Waals surface area contributed by atoms with E-state index in [4.69, 9.17) is 10.5 Å². The Morgan fingerprint density at radius 2 is 2.16 bits per heavy atom. The Kier molecular flexibility index (Phi) is 6.13. The molecule has 1 fully saturated rings. The predicted octanol–water partition coefficient (Wildman–Crippen LogP) is 2.24. The number of alkyl halides is 2. The average molecular weight is 466 g/mol. The van der Waals surface area contributed by atoms with Gasteiger partial charge < -0.3 is 20.5 Å². The second-order valence-electron chi connectivity index (χ2n) is 7.59. The Morgan fingerprint density at radius 3 is 2.88 bits per heavy atom. The van der Waals surface area contributed by atoms with Crippen LogP contribution in [0.3, 0.4) is 0 Å². The second-order valence-corrected chi connectivity index (χ2v) is 7.59. The van der Waals surface area contributed by atoms with Gasteiger partial charge in [0.1, 0.15) is 18.2 Å². The molecule has 4 aromatic rings. The van der Waals surface area contributed by atoms with Crippen molar-refractivity contribution >= 4 is 34.8 Å². The summed E-state index contributed by atoms with van der Waals surface area (Å²) < 4.78 is 32.1. The molecule has 0 saturated carbocycles. The van der Waals surface area contributed by atoms with Gasteiger partial charge in [-0.15, -0.1) is 17.5 Å². The Balaban J connectivity index is 0.00000245. The highest BCUT2D eigenvalue weighted by Gasteiger charge is 2.25. The van der Waals surface area contributed by atoms with Crippen molar-refractivity contribution in [2.24, 2.45) is 5.73 Å². The topological polar surface area (TPSA) is 118 Å². The van der Waals surface area contributed by atoms with E-state index in [9.17, 15) is 13.9 Å². The minimum Gasteiger partial charge on any atom is -0.486 e. The molecule has 1 aliphatic heterocycles. The van der Waals surface area contributed by atoms with Crippen LogP contribution in [0.5, 0.6) is 5.75 Å². The maximum Gasteiger partial charge on any atom is 0.272 e. The molecule has 32 heavy (non-hydrogen) atoms. The molecule has 0 aromatic carbocycles. The number of pyridine rings is 2. The highest BCUT2D eigenvalue weighted by molar-refractivity contribution is 6.00. The zero-order valence-corrected chi connectivity index (χ0v) is 17.7. The Morgan fingerprint density at radius 1 is 1.31 bits per heavy atom. The van der Waals surface area contributed by atoms with Crippen molar-refractivity contribution in [2.75, 3.05) is 24.6 Å². The molecule has 1 saturated heterocycles. The molecule has 4 aromatic heterocycles. The summed E-state index contributed by atoms with van der Waals surface area (Å²) in [5.74, 6) is 1.01. The van der Waals surface area contributed by atoms with Gasteiger partial charge in [-0.3, -0.25) is 5.10 Å². The third-order valence-electron chi connectivity index (χ3n) is 5.50. The number of hydrogen-bond acceptors (Lipinski definition) is 7. The molecule has 4 N–H and O–H groups in total. The molecule has 170 valence electrons. The van der Waals surface area contributed by atoms with E-state index in [1.165, 1.54) is 0 Å². The molecular weight excluding hydrogens is 444 g/mol. The minimum atomic E-state index is -2.58. The minimum absolute atomic E-state index is 0. The molecule has 9 nitrogen and oxygen atoms in total. The monoisotopic (exact) mass is 465 g/mol. The molecule has 5 rings (SSSR count). The number of aliphatic hydroxyl groups excluding tert-OH is 1. The largest absolute Gasteiger partial charge is 0.486 e. The second kappa shape index (κ2) is 8.85. The van der Waals surface area contributed by atoms with Crippen molar-refractivity contribution in [3.8, 4) is 16.9 Å². The normalized spacial score (nSPS) is 19.0. The van der Waals surface area contributed by atoms with Crippen LogP contribution in [0.15, 0.2) is 36.8 Å². The quantitative estimate of drug-likeness (QED) is 0.413. The number of ether oxygens (including phenoxy) is 1. The summed E-state index contributed by atoms with van der Waals surface area (Å²) in [5, 5.41) is 22.1. The van der Waals surface area contributed by atoms with Crippen molar-refractivity contribution in [3.63, 3.8) is 0 Å². The Bertz CT molecular complexity index is 1210. The lowest BCUT2D eigenvalue weighted by Gasteiger charge is -2.34. The van der Waals surface area contributed by atoms with Crippen molar-refractivity contribution in [2.45, 2.75) is 25.0 Å². The molecule has 0 unspecified atom stereocenters. The first-order valence-corrected chi connectivity index (χ1v) is 9.91. The number of β-amino-alcohol motifs (C(OH)–C–C–N with tert-alkyl or cyclic N) is 1. The molecule has 0 spiro atoms. The van der Waals surface area contributed by atoms with Gasteiger partial charge >= 0.3 is 0 Å². The van der Waals surface area contributed by atoms with Crippen LogP contribution >= 0.6 is 12.4 Å². The number of nitrogens with two attached hydrogens (primary N) is 1. The number of fused-ring (bicyclic) bond motifs is 3. The zero-order chi connectivity index (χ0) is 21.5. The number of piperidine rings is 1. The van der Waals surface area contributed by atoms with E-state index in [0.29, 0.717) is 25.2 Å². The molecule has 2 atom stereocenters. The lowest BCUT2D eigenvalue weighted by atomic mass is 10.0. The van der Waals surface area contributed by atoms with Gasteiger partial charge in [-0.2, -0.15) is 5.10 Å². The number of H-pyrrole nitrogens is 1. The maximum atomic E-state index is 12.6. The van der Waals surface area contributed by atoms with Crippen LogP contribution in [0.1, 0.15) is 6.42 Å². The zero-order valence-electron chi connectivity index (χ0n) is 16.9. The van der Waals surface area contributed by atoms with Crippen LogP contribution in [0.4, 0.5) is 14.6 Å². The van der Waals surface area contributed by atoms with Gasteiger partial charge in [0.15, 0.2) is 5.65 Å². The van der Waals surface area contributed by atoms with Gasteiger partial charge in [0.25, 0.3) is 6.43 Å². The van der Waals surface area contributed by atoms with Gasteiger partial charge in [0, 0.05) is 36.5 Å². The van der Waals surface area contributed by atoms with E-state index >= 15 is 0 Å². The fourth-order valence-corrected chi connectivity index (χ4v) is 3.89. The van der Waals surface area contributed by atoms with Crippen LogP contribution in [-0.2, 0) is 0 Å².